The lowest BCUT2D eigenvalue weighted by Gasteiger charge is -2.09. The van der Waals surface area contributed by atoms with Crippen molar-refractivity contribution in [2.24, 2.45) is 0 Å². The van der Waals surface area contributed by atoms with Crippen LogP contribution in [0.25, 0.3) is 11.0 Å². The molecule has 20 heavy (non-hydrogen) atoms. The van der Waals surface area contributed by atoms with Crippen molar-refractivity contribution in [1.29, 1.82) is 0 Å². The Morgan fingerprint density at radius 1 is 1.35 bits per heavy atom. The van der Waals surface area contributed by atoms with E-state index in [0.29, 0.717) is 5.02 Å². The lowest BCUT2D eigenvalue weighted by Crippen LogP contribution is -2.06. The van der Waals surface area contributed by atoms with Gasteiger partial charge in [-0.25, -0.2) is 4.98 Å². The molecule has 1 atom stereocenters. The molecule has 2 heterocycles. The summed E-state index contributed by atoms with van der Waals surface area (Å²) in [6, 6.07) is 9.59. The fourth-order valence-corrected chi connectivity index (χ4v) is 2.67. The molecule has 0 aliphatic carbocycles. The Morgan fingerprint density at radius 3 is 2.90 bits per heavy atom. The second-order valence-corrected chi connectivity index (χ2v) is 5.79. The molecule has 2 aromatic heterocycles. The standard InChI is InChI=1S/C15H14Cl2N2O/c1-10(16)15-18-13-9-11(17)4-5-14(13)19(15)7-6-12-3-2-8-20-12/h2-5,8-10H,6-7H2,1H3. The van der Waals surface area contributed by atoms with E-state index in [1.165, 1.54) is 0 Å². The quantitative estimate of drug-likeness (QED) is 0.647. The first kappa shape index (κ1) is 13.5. The van der Waals surface area contributed by atoms with Crippen LogP contribution >= 0.6 is 23.2 Å². The first-order valence-corrected chi connectivity index (χ1v) is 7.29. The number of hydrogen-bond acceptors (Lipinski definition) is 2. The number of fused-ring (bicyclic) bond motifs is 1. The molecule has 3 aromatic rings. The molecule has 0 saturated heterocycles. The van der Waals surface area contributed by atoms with Crippen LogP contribution < -0.4 is 0 Å². The Labute approximate surface area is 127 Å². The summed E-state index contributed by atoms with van der Waals surface area (Å²) in [5, 5.41) is 0.528. The number of aryl methyl sites for hydroxylation is 2. The number of imidazole rings is 1. The molecule has 0 saturated carbocycles. The van der Waals surface area contributed by atoms with Gasteiger partial charge in [-0.1, -0.05) is 11.6 Å². The number of alkyl halides is 1. The molecule has 104 valence electrons. The molecule has 0 N–H and O–H groups in total. The van der Waals surface area contributed by atoms with Gasteiger partial charge < -0.3 is 8.98 Å². The number of nitrogens with zero attached hydrogens (tertiary/aromatic N) is 2. The van der Waals surface area contributed by atoms with Gasteiger partial charge in [-0.2, -0.15) is 0 Å². The number of furan rings is 1. The highest BCUT2D eigenvalue weighted by atomic mass is 35.5. The average molecular weight is 309 g/mol. The van der Waals surface area contributed by atoms with E-state index in [1.807, 2.05) is 37.3 Å². The van der Waals surface area contributed by atoms with Gasteiger partial charge in [-0.3, -0.25) is 0 Å². The van der Waals surface area contributed by atoms with E-state index in [0.717, 1.165) is 35.6 Å². The maximum Gasteiger partial charge on any atom is 0.127 e. The van der Waals surface area contributed by atoms with Crippen LogP contribution in [0.1, 0.15) is 23.9 Å². The number of rotatable bonds is 4. The largest absolute Gasteiger partial charge is 0.469 e. The highest BCUT2D eigenvalue weighted by molar-refractivity contribution is 6.31. The minimum absolute atomic E-state index is 0.155. The predicted octanol–water partition coefficient (Wildman–Crippen LogP) is 4.83. The summed E-state index contributed by atoms with van der Waals surface area (Å²) in [4.78, 5) is 4.59. The fraction of sp³-hybridized carbons (Fsp3) is 0.267. The molecule has 1 aromatic carbocycles. The molecular weight excluding hydrogens is 295 g/mol. The third-order valence-electron chi connectivity index (χ3n) is 3.26. The molecule has 0 aliphatic heterocycles. The monoisotopic (exact) mass is 308 g/mol. The van der Waals surface area contributed by atoms with Crippen LogP contribution in [0.2, 0.25) is 5.02 Å². The van der Waals surface area contributed by atoms with Crippen LogP contribution in [0.4, 0.5) is 0 Å². The van der Waals surface area contributed by atoms with E-state index >= 15 is 0 Å². The predicted molar refractivity (Wildman–Crippen MR) is 81.4 cm³/mol. The van der Waals surface area contributed by atoms with Gasteiger partial charge in [-0.15, -0.1) is 11.6 Å². The number of halogens is 2. The molecule has 0 bridgehead atoms. The summed E-state index contributed by atoms with van der Waals surface area (Å²) in [7, 11) is 0. The maximum absolute atomic E-state index is 6.24. The number of hydrogen-bond donors (Lipinski definition) is 0. The molecule has 0 fully saturated rings. The van der Waals surface area contributed by atoms with Gasteiger partial charge in [0.05, 0.1) is 22.7 Å². The van der Waals surface area contributed by atoms with Crippen LogP contribution in [0.5, 0.6) is 0 Å². The van der Waals surface area contributed by atoms with Gasteiger partial charge in [0.15, 0.2) is 0 Å². The maximum atomic E-state index is 6.24. The lowest BCUT2D eigenvalue weighted by atomic mass is 10.3. The minimum atomic E-state index is -0.155. The molecule has 0 spiro atoms. The molecule has 0 radical (unpaired) electrons. The summed E-state index contributed by atoms with van der Waals surface area (Å²) < 4.78 is 7.51. The van der Waals surface area contributed by atoms with Gasteiger partial charge in [-0.05, 0) is 37.3 Å². The van der Waals surface area contributed by atoms with Crippen LogP contribution in [-0.4, -0.2) is 9.55 Å². The SMILES string of the molecule is CC(Cl)c1nc2cc(Cl)ccc2n1CCc1ccco1. The molecular formula is C15H14Cl2N2O. The van der Waals surface area contributed by atoms with Crippen molar-refractivity contribution in [3.8, 4) is 0 Å². The molecule has 0 aliphatic rings. The third-order valence-corrected chi connectivity index (χ3v) is 3.69. The van der Waals surface area contributed by atoms with Crippen molar-refractivity contribution in [3.05, 3.63) is 53.2 Å². The highest BCUT2D eigenvalue weighted by Gasteiger charge is 2.15. The topological polar surface area (TPSA) is 31.0 Å². The van der Waals surface area contributed by atoms with Crippen LogP contribution in [0, 0.1) is 0 Å². The summed E-state index contributed by atoms with van der Waals surface area (Å²) in [6.45, 7) is 2.70. The zero-order chi connectivity index (χ0) is 14.1. The van der Waals surface area contributed by atoms with E-state index in [2.05, 4.69) is 9.55 Å². The molecule has 3 nitrogen and oxygen atoms in total. The summed E-state index contributed by atoms with van der Waals surface area (Å²) >= 11 is 12.3. The van der Waals surface area contributed by atoms with E-state index in [-0.39, 0.29) is 5.38 Å². The smallest absolute Gasteiger partial charge is 0.127 e. The third kappa shape index (κ3) is 2.56. The van der Waals surface area contributed by atoms with Crippen LogP contribution in [0.15, 0.2) is 41.0 Å². The van der Waals surface area contributed by atoms with E-state index in [9.17, 15) is 0 Å². The van der Waals surface area contributed by atoms with Crippen LogP contribution in [-0.2, 0) is 13.0 Å². The first-order valence-electron chi connectivity index (χ1n) is 6.47. The van der Waals surface area contributed by atoms with Gasteiger partial charge in [0.2, 0.25) is 0 Å². The average Bonchev–Trinajstić information content (AvgIpc) is 3.02. The zero-order valence-corrected chi connectivity index (χ0v) is 12.5. The highest BCUT2D eigenvalue weighted by Crippen LogP contribution is 2.26. The van der Waals surface area contributed by atoms with E-state index in [1.54, 1.807) is 6.26 Å². The van der Waals surface area contributed by atoms with Gasteiger partial charge in [0.1, 0.15) is 11.6 Å². The second-order valence-electron chi connectivity index (χ2n) is 4.70. The number of benzene rings is 1. The van der Waals surface area contributed by atoms with Crippen molar-refractivity contribution in [2.45, 2.75) is 25.3 Å². The Bertz CT molecular complexity index is 717. The summed E-state index contributed by atoms with van der Waals surface area (Å²) in [5.41, 5.74) is 1.92. The van der Waals surface area contributed by atoms with Crippen molar-refractivity contribution in [1.82, 2.24) is 9.55 Å². The first-order chi connectivity index (χ1) is 9.65. The Kier molecular flexibility index (Phi) is 3.72. The Hall–Kier alpha value is -1.45. The molecule has 5 heteroatoms. The normalized spacial score (nSPS) is 12.9. The molecule has 3 rings (SSSR count). The van der Waals surface area contributed by atoms with E-state index in [4.69, 9.17) is 27.6 Å². The minimum Gasteiger partial charge on any atom is -0.469 e. The van der Waals surface area contributed by atoms with Crippen molar-refractivity contribution >= 4 is 34.2 Å². The van der Waals surface area contributed by atoms with Crippen molar-refractivity contribution in [2.75, 3.05) is 0 Å². The van der Waals surface area contributed by atoms with E-state index < -0.39 is 0 Å². The summed E-state index contributed by atoms with van der Waals surface area (Å²) in [5.74, 6) is 1.81. The Balaban J connectivity index is 2.00. The van der Waals surface area contributed by atoms with Crippen molar-refractivity contribution < 1.29 is 4.42 Å². The van der Waals surface area contributed by atoms with Crippen molar-refractivity contribution in [3.63, 3.8) is 0 Å². The lowest BCUT2D eigenvalue weighted by molar-refractivity contribution is 0.490. The van der Waals surface area contributed by atoms with Crippen LogP contribution in [0.3, 0.4) is 0 Å². The number of aromatic nitrogens is 2. The molecule has 0 amide bonds. The van der Waals surface area contributed by atoms with Gasteiger partial charge in [0.25, 0.3) is 0 Å². The van der Waals surface area contributed by atoms with Gasteiger partial charge >= 0.3 is 0 Å². The fourth-order valence-electron chi connectivity index (χ4n) is 2.34. The Morgan fingerprint density at radius 2 is 2.20 bits per heavy atom. The molecule has 1 unspecified atom stereocenters. The summed E-state index contributed by atoms with van der Waals surface area (Å²) in [6.07, 6.45) is 2.49. The zero-order valence-electron chi connectivity index (χ0n) is 11.0. The second kappa shape index (κ2) is 5.51. The van der Waals surface area contributed by atoms with Gasteiger partial charge in [0, 0.05) is 18.0 Å².